The molecule has 0 saturated heterocycles. The zero-order chi connectivity index (χ0) is 16.1. The summed E-state index contributed by atoms with van der Waals surface area (Å²) < 4.78 is 10.6. The topological polar surface area (TPSA) is 64.4 Å². The number of carbonyl (C=O) groups is 1. The van der Waals surface area contributed by atoms with Gasteiger partial charge in [0.05, 0.1) is 13.5 Å². The fourth-order valence-electron chi connectivity index (χ4n) is 2.50. The molecule has 0 atom stereocenters. The molecule has 23 heavy (non-hydrogen) atoms. The summed E-state index contributed by atoms with van der Waals surface area (Å²) >= 11 is 0. The van der Waals surface area contributed by atoms with E-state index >= 15 is 0 Å². The molecule has 0 saturated carbocycles. The van der Waals surface area contributed by atoms with Gasteiger partial charge in [-0.15, -0.1) is 0 Å². The lowest BCUT2D eigenvalue weighted by atomic mass is 10.1. The van der Waals surface area contributed by atoms with Crippen molar-refractivity contribution in [3.63, 3.8) is 0 Å². The monoisotopic (exact) mass is 310 g/mol. The third kappa shape index (κ3) is 3.69. The molecule has 0 aliphatic heterocycles. The lowest BCUT2D eigenvalue weighted by molar-refractivity contribution is -0.120. The zero-order valence-electron chi connectivity index (χ0n) is 12.9. The molecule has 3 aromatic rings. The number of nitrogens with zero attached hydrogens (tertiary/aromatic N) is 1. The van der Waals surface area contributed by atoms with Crippen molar-refractivity contribution in [2.45, 2.75) is 12.8 Å². The van der Waals surface area contributed by atoms with Gasteiger partial charge in [-0.1, -0.05) is 24.3 Å². The van der Waals surface area contributed by atoms with Crippen LogP contribution in [0.1, 0.15) is 11.1 Å². The standard InChI is InChI=1S/C18H18N2O3/c1-22-16-5-3-2-4-14(16)8-9-19-18(21)11-13-6-7-15-17(10-13)23-12-20-15/h2-7,10,12H,8-9,11H2,1H3,(H,19,21). The Labute approximate surface area is 134 Å². The van der Waals surface area contributed by atoms with Crippen LogP contribution < -0.4 is 10.1 Å². The van der Waals surface area contributed by atoms with Gasteiger partial charge >= 0.3 is 0 Å². The highest BCUT2D eigenvalue weighted by atomic mass is 16.5. The number of oxazole rings is 1. The number of nitrogens with one attached hydrogen (secondary N) is 1. The van der Waals surface area contributed by atoms with Crippen molar-refractivity contribution in [1.29, 1.82) is 0 Å². The zero-order valence-corrected chi connectivity index (χ0v) is 12.9. The van der Waals surface area contributed by atoms with Gasteiger partial charge in [0.2, 0.25) is 5.91 Å². The number of amides is 1. The molecule has 0 unspecified atom stereocenters. The first-order chi connectivity index (χ1) is 11.3. The van der Waals surface area contributed by atoms with Gasteiger partial charge in [0.15, 0.2) is 12.0 Å². The number of benzene rings is 2. The van der Waals surface area contributed by atoms with E-state index in [4.69, 9.17) is 9.15 Å². The quantitative estimate of drug-likeness (QED) is 0.760. The summed E-state index contributed by atoms with van der Waals surface area (Å²) in [6.07, 6.45) is 2.46. The first-order valence-corrected chi connectivity index (χ1v) is 7.47. The van der Waals surface area contributed by atoms with E-state index in [1.165, 1.54) is 6.39 Å². The van der Waals surface area contributed by atoms with Crippen LogP contribution in [0.15, 0.2) is 53.3 Å². The summed E-state index contributed by atoms with van der Waals surface area (Å²) in [5.41, 5.74) is 3.48. The summed E-state index contributed by atoms with van der Waals surface area (Å²) in [6, 6.07) is 13.4. The van der Waals surface area contributed by atoms with E-state index in [9.17, 15) is 4.79 Å². The summed E-state index contributed by atoms with van der Waals surface area (Å²) in [5.74, 6) is 0.830. The minimum Gasteiger partial charge on any atom is -0.496 e. The number of ether oxygens (including phenoxy) is 1. The van der Waals surface area contributed by atoms with Crippen molar-refractivity contribution in [2.24, 2.45) is 0 Å². The van der Waals surface area contributed by atoms with Crippen LogP contribution in [0.25, 0.3) is 11.1 Å². The average Bonchev–Trinajstić information content (AvgIpc) is 3.03. The number of fused-ring (bicyclic) bond motifs is 1. The highest BCUT2D eigenvalue weighted by Gasteiger charge is 2.07. The van der Waals surface area contributed by atoms with Crippen molar-refractivity contribution in [3.8, 4) is 5.75 Å². The van der Waals surface area contributed by atoms with Gasteiger partial charge in [0, 0.05) is 6.54 Å². The number of aromatic nitrogens is 1. The molecule has 3 rings (SSSR count). The Morgan fingerprint density at radius 3 is 3.00 bits per heavy atom. The third-order valence-electron chi connectivity index (χ3n) is 3.67. The van der Waals surface area contributed by atoms with Crippen molar-refractivity contribution in [3.05, 3.63) is 60.0 Å². The molecule has 1 aromatic heterocycles. The molecule has 5 nitrogen and oxygen atoms in total. The molecule has 1 N–H and O–H groups in total. The van der Waals surface area contributed by atoms with Gasteiger partial charge in [-0.3, -0.25) is 4.79 Å². The Hall–Kier alpha value is -2.82. The second kappa shape index (κ2) is 6.96. The Balaban J connectivity index is 1.53. The number of carbonyl (C=O) groups excluding carboxylic acids is 1. The van der Waals surface area contributed by atoms with E-state index in [0.717, 1.165) is 28.8 Å². The van der Waals surface area contributed by atoms with Crippen LogP contribution in [0.3, 0.4) is 0 Å². The lowest BCUT2D eigenvalue weighted by Gasteiger charge is -2.09. The first-order valence-electron chi connectivity index (χ1n) is 7.47. The molecule has 0 aliphatic carbocycles. The molecular formula is C18H18N2O3. The fraction of sp³-hybridized carbons (Fsp3) is 0.222. The van der Waals surface area contributed by atoms with Gasteiger partial charge in [-0.25, -0.2) is 4.98 Å². The Bertz CT molecular complexity index is 811. The van der Waals surface area contributed by atoms with Crippen LogP contribution >= 0.6 is 0 Å². The van der Waals surface area contributed by atoms with Crippen molar-refractivity contribution < 1.29 is 13.9 Å². The summed E-state index contributed by atoms with van der Waals surface area (Å²) in [5, 5.41) is 2.93. The van der Waals surface area contributed by atoms with Crippen molar-refractivity contribution in [1.82, 2.24) is 10.3 Å². The molecule has 5 heteroatoms. The molecule has 2 aromatic carbocycles. The number of rotatable bonds is 6. The number of hydrogen-bond donors (Lipinski definition) is 1. The molecule has 0 fully saturated rings. The fourth-order valence-corrected chi connectivity index (χ4v) is 2.50. The normalized spacial score (nSPS) is 10.7. The second-order valence-electron chi connectivity index (χ2n) is 5.24. The molecule has 1 amide bonds. The molecule has 0 radical (unpaired) electrons. The van der Waals surface area contributed by atoms with Gasteiger partial charge in [-0.2, -0.15) is 0 Å². The highest BCUT2D eigenvalue weighted by Crippen LogP contribution is 2.17. The maximum absolute atomic E-state index is 12.0. The van der Waals surface area contributed by atoms with E-state index in [1.54, 1.807) is 7.11 Å². The molecule has 0 aliphatic rings. The van der Waals surface area contributed by atoms with Crippen LogP contribution in [0, 0.1) is 0 Å². The molecule has 1 heterocycles. The van der Waals surface area contributed by atoms with Crippen molar-refractivity contribution >= 4 is 17.0 Å². The van der Waals surface area contributed by atoms with E-state index in [-0.39, 0.29) is 5.91 Å². The molecule has 0 spiro atoms. The first kappa shape index (κ1) is 15.1. The van der Waals surface area contributed by atoms with Gasteiger partial charge in [-0.05, 0) is 35.7 Å². The van der Waals surface area contributed by atoms with Crippen molar-refractivity contribution in [2.75, 3.05) is 13.7 Å². The summed E-state index contributed by atoms with van der Waals surface area (Å²) in [4.78, 5) is 16.1. The van der Waals surface area contributed by atoms with Gasteiger partial charge < -0.3 is 14.5 Å². The van der Waals surface area contributed by atoms with Gasteiger partial charge in [0.25, 0.3) is 0 Å². The summed E-state index contributed by atoms with van der Waals surface area (Å²) in [7, 11) is 1.65. The Kier molecular flexibility index (Phi) is 4.57. The minimum absolute atomic E-state index is 0.0150. The molecular weight excluding hydrogens is 292 g/mol. The van der Waals surface area contributed by atoms with Crippen LogP contribution in [-0.4, -0.2) is 24.5 Å². The lowest BCUT2D eigenvalue weighted by Crippen LogP contribution is -2.27. The van der Waals surface area contributed by atoms with E-state index in [2.05, 4.69) is 10.3 Å². The maximum Gasteiger partial charge on any atom is 0.224 e. The van der Waals surface area contributed by atoms with Crippen LogP contribution in [0.4, 0.5) is 0 Å². The molecule has 0 bridgehead atoms. The highest BCUT2D eigenvalue weighted by molar-refractivity contribution is 5.80. The van der Waals surface area contributed by atoms with Gasteiger partial charge in [0.1, 0.15) is 11.3 Å². The second-order valence-corrected chi connectivity index (χ2v) is 5.24. The Morgan fingerprint density at radius 2 is 2.13 bits per heavy atom. The van der Waals surface area contributed by atoms with E-state index in [1.807, 2.05) is 42.5 Å². The van der Waals surface area contributed by atoms with E-state index in [0.29, 0.717) is 18.5 Å². The van der Waals surface area contributed by atoms with E-state index < -0.39 is 0 Å². The smallest absolute Gasteiger partial charge is 0.224 e. The largest absolute Gasteiger partial charge is 0.496 e. The predicted octanol–water partition coefficient (Wildman–Crippen LogP) is 2.74. The SMILES string of the molecule is COc1ccccc1CCNC(=O)Cc1ccc2ncoc2c1. The Morgan fingerprint density at radius 1 is 1.26 bits per heavy atom. The van der Waals surface area contributed by atoms with Crippen LogP contribution in [0.2, 0.25) is 0 Å². The third-order valence-corrected chi connectivity index (χ3v) is 3.67. The maximum atomic E-state index is 12.0. The summed E-state index contributed by atoms with van der Waals surface area (Å²) in [6.45, 7) is 0.573. The van der Waals surface area contributed by atoms with Crippen LogP contribution in [-0.2, 0) is 17.6 Å². The number of methoxy groups -OCH3 is 1. The minimum atomic E-state index is -0.0150. The average molecular weight is 310 g/mol. The predicted molar refractivity (Wildman–Crippen MR) is 87.4 cm³/mol. The molecule has 118 valence electrons. The number of para-hydroxylation sites is 1. The van der Waals surface area contributed by atoms with Crippen LogP contribution in [0.5, 0.6) is 5.75 Å². The number of hydrogen-bond acceptors (Lipinski definition) is 4.